The minimum Gasteiger partial charge on any atom is -0.369 e. The average molecular weight is 322 g/mol. The molecule has 0 bridgehead atoms. The molecule has 0 radical (unpaired) electrons. The molecular formula is C16H17Cl2N3. The normalized spacial score (nSPS) is 16.0. The van der Waals surface area contributed by atoms with E-state index in [2.05, 4.69) is 39.9 Å². The quantitative estimate of drug-likeness (QED) is 0.846. The van der Waals surface area contributed by atoms with Crippen LogP contribution in [0.4, 0.5) is 11.6 Å². The van der Waals surface area contributed by atoms with Crippen molar-refractivity contribution in [2.75, 3.05) is 23.7 Å². The van der Waals surface area contributed by atoms with E-state index in [4.69, 9.17) is 23.2 Å². The number of rotatable bonds is 5. The Kier molecular flexibility index (Phi) is 4.22. The second kappa shape index (κ2) is 6.12. The van der Waals surface area contributed by atoms with Crippen molar-refractivity contribution < 1.29 is 0 Å². The van der Waals surface area contributed by atoms with Crippen LogP contribution in [0.3, 0.4) is 0 Å². The standard InChI is InChI=1S/C16H17Cl2N3/c1-2-19-15-13(17)8-14(18)16(21-15)20-9-11-7-10-5-3-4-6-12(10)11/h3-6,8,11H,2,7,9H2,1H3,(H2,19,20,21). The third-order valence-electron chi connectivity index (χ3n) is 3.75. The molecule has 0 amide bonds. The van der Waals surface area contributed by atoms with Crippen LogP contribution in [0.2, 0.25) is 10.0 Å². The predicted octanol–water partition coefficient (Wildman–Crippen LogP) is 4.57. The third-order valence-corrected chi connectivity index (χ3v) is 4.33. The molecule has 0 saturated carbocycles. The van der Waals surface area contributed by atoms with Gasteiger partial charge >= 0.3 is 0 Å². The van der Waals surface area contributed by atoms with Crippen molar-refractivity contribution >= 4 is 34.8 Å². The minimum absolute atomic E-state index is 0.525. The van der Waals surface area contributed by atoms with Gasteiger partial charge in [0.25, 0.3) is 0 Å². The minimum atomic E-state index is 0.525. The molecule has 110 valence electrons. The number of nitrogens with one attached hydrogen (secondary N) is 2. The summed E-state index contributed by atoms with van der Waals surface area (Å²) >= 11 is 12.3. The molecule has 3 nitrogen and oxygen atoms in total. The van der Waals surface area contributed by atoms with Gasteiger partial charge in [0.1, 0.15) is 11.6 Å². The summed E-state index contributed by atoms with van der Waals surface area (Å²) in [5.41, 5.74) is 2.86. The molecule has 3 rings (SSSR count). The van der Waals surface area contributed by atoms with Crippen molar-refractivity contribution in [1.82, 2.24) is 4.98 Å². The summed E-state index contributed by atoms with van der Waals surface area (Å²) in [6, 6.07) is 10.3. The number of benzene rings is 1. The van der Waals surface area contributed by atoms with Crippen LogP contribution in [-0.4, -0.2) is 18.1 Å². The van der Waals surface area contributed by atoms with Gasteiger partial charge in [0.2, 0.25) is 0 Å². The van der Waals surface area contributed by atoms with E-state index >= 15 is 0 Å². The number of nitrogens with zero attached hydrogens (tertiary/aromatic N) is 1. The molecule has 2 aromatic rings. The smallest absolute Gasteiger partial charge is 0.147 e. The Balaban J connectivity index is 1.70. The molecule has 1 atom stereocenters. The molecule has 1 heterocycles. The van der Waals surface area contributed by atoms with E-state index in [0.717, 1.165) is 19.5 Å². The van der Waals surface area contributed by atoms with Crippen molar-refractivity contribution in [3.63, 3.8) is 0 Å². The maximum atomic E-state index is 6.21. The number of hydrogen-bond acceptors (Lipinski definition) is 3. The third kappa shape index (κ3) is 2.94. The lowest BCUT2D eigenvalue weighted by molar-refractivity contribution is 0.635. The second-order valence-corrected chi connectivity index (χ2v) is 5.97. The topological polar surface area (TPSA) is 37.0 Å². The van der Waals surface area contributed by atoms with Gasteiger partial charge < -0.3 is 10.6 Å². The Morgan fingerprint density at radius 1 is 1.14 bits per heavy atom. The molecule has 5 heteroatoms. The summed E-state index contributed by atoms with van der Waals surface area (Å²) in [6.45, 7) is 3.60. The van der Waals surface area contributed by atoms with E-state index in [1.165, 1.54) is 11.1 Å². The van der Waals surface area contributed by atoms with E-state index in [9.17, 15) is 0 Å². The van der Waals surface area contributed by atoms with Crippen molar-refractivity contribution in [2.24, 2.45) is 0 Å². The highest BCUT2D eigenvalue weighted by molar-refractivity contribution is 6.37. The summed E-state index contributed by atoms with van der Waals surface area (Å²) in [5.74, 6) is 1.87. The van der Waals surface area contributed by atoms with E-state index < -0.39 is 0 Å². The highest BCUT2D eigenvalue weighted by Gasteiger charge is 2.25. The van der Waals surface area contributed by atoms with E-state index in [1.54, 1.807) is 6.07 Å². The molecule has 0 spiro atoms. The fraction of sp³-hybridized carbons (Fsp3) is 0.312. The predicted molar refractivity (Wildman–Crippen MR) is 89.8 cm³/mol. The maximum Gasteiger partial charge on any atom is 0.147 e. The number of pyridine rings is 1. The van der Waals surface area contributed by atoms with Gasteiger partial charge in [-0.3, -0.25) is 0 Å². The summed E-state index contributed by atoms with van der Waals surface area (Å²) in [6.07, 6.45) is 1.11. The molecule has 1 aromatic carbocycles. The summed E-state index contributed by atoms with van der Waals surface area (Å²) in [7, 11) is 0. The van der Waals surface area contributed by atoms with Crippen LogP contribution in [0.15, 0.2) is 30.3 Å². The first-order valence-electron chi connectivity index (χ1n) is 7.10. The van der Waals surface area contributed by atoms with Crippen molar-refractivity contribution in [2.45, 2.75) is 19.3 Å². The van der Waals surface area contributed by atoms with Crippen LogP contribution >= 0.6 is 23.2 Å². The van der Waals surface area contributed by atoms with Crippen molar-refractivity contribution in [1.29, 1.82) is 0 Å². The first-order valence-corrected chi connectivity index (χ1v) is 7.86. The number of fused-ring (bicyclic) bond motifs is 1. The number of hydrogen-bond donors (Lipinski definition) is 2. The first kappa shape index (κ1) is 14.5. The summed E-state index contributed by atoms with van der Waals surface area (Å²) in [5, 5.41) is 7.57. The Morgan fingerprint density at radius 3 is 2.57 bits per heavy atom. The lowest BCUT2D eigenvalue weighted by Crippen LogP contribution is -2.24. The molecule has 0 saturated heterocycles. The van der Waals surface area contributed by atoms with Gasteiger partial charge in [-0.05, 0) is 30.5 Å². The zero-order valence-corrected chi connectivity index (χ0v) is 13.3. The van der Waals surface area contributed by atoms with Crippen LogP contribution in [0.25, 0.3) is 0 Å². The Bertz CT molecular complexity index is 658. The van der Waals surface area contributed by atoms with Gasteiger partial charge in [-0.25, -0.2) is 4.98 Å². The van der Waals surface area contributed by atoms with Crippen LogP contribution in [0.1, 0.15) is 24.0 Å². The molecule has 2 N–H and O–H groups in total. The van der Waals surface area contributed by atoms with Gasteiger partial charge in [0.15, 0.2) is 0 Å². The number of aromatic nitrogens is 1. The van der Waals surface area contributed by atoms with Gasteiger partial charge in [0.05, 0.1) is 10.0 Å². The molecular weight excluding hydrogens is 305 g/mol. The Hall–Kier alpha value is -1.45. The second-order valence-electron chi connectivity index (χ2n) is 5.16. The van der Waals surface area contributed by atoms with Gasteiger partial charge in [-0.2, -0.15) is 0 Å². The van der Waals surface area contributed by atoms with Gasteiger partial charge in [-0.15, -0.1) is 0 Å². The number of halogens is 2. The lowest BCUT2D eigenvalue weighted by atomic mass is 9.77. The first-order chi connectivity index (χ1) is 10.2. The van der Waals surface area contributed by atoms with E-state index in [1.807, 2.05) is 6.92 Å². The maximum absolute atomic E-state index is 6.21. The van der Waals surface area contributed by atoms with Crippen LogP contribution in [0.5, 0.6) is 0 Å². The van der Waals surface area contributed by atoms with Crippen molar-refractivity contribution in [3.8, 4) is 0 Å². The van der Waals surface area contributed by atoms with Crippen molar-refractivity contribution in [3.05, 3.63) is 51.5 Å². The monoisotopic (exact) mass is 321 g/mol. The molecule has 1 unspecified atom stereocenters. The fourth-order valence-electron chi connectivity index (χ4n) is 2.65. The lowest BCUT2D eigenvalue weighted by Gasteiger charge is -2.30. The van der Waals surface area contributed by atoms with Gasteiger partial charge in [0, 0.05) is 19.0 Å². The summed E-state index contributed by atoms with van der Waals surface area (Å²) < 4.78 is 0. The van der Waals surface area contributed by atoms with Crippen LogP contribution < -0.4 is 10.6 Å². The summed E-state index contributed by atoms with van der Waals surface area (Å²) in [4.78, 5) is 4.46. The molecule has 1 aliphatic carbocycles. The molecule has 21 heavy (non-hydrogen) atoms. The SMILES string of the molecule is CCNc1nc(NCC2Cc3ccccc32)c(Cl)cc1Cl. The van der Waals surface area contributed by atoms with E-state index in [0.29, 0.717) is 27.6 Å². The Labute approximate surface area is 134 Å². The van der Waals surface area contributed by atoms with Gasteiger partial charge in [-0.1, -0.05) is 47.5 Å². The highest BCUT2D eigenvalue weighted by Crippen LogP contribution is 2.35. The fourth-order valence-corrected chi connectivity index (χ4v) is 3.14. The molecule has 1 aromatic heterocycles. The molecule has 0 aliphatic heterocycles. The van der Waals surface area contributed by atoms with Crippen LogP contribution in [-0.2, 0) is 6.42 Å². The zero-order valence-electron chi connectivity index (χ0n) is 11.8. The largest absolute Gasteiger partial charge is 0.369 e. The Morgan fingerprint density at radius 2 is 1.86 bits per heavy atom. The average Bonchev–Trinajstić information content (AvgIpc) is 2.44. The highest BCUT2D eigenvalue weighted by atomic mass is 35.5. The zero-order chi connectivity index (χ0) is 14.8. The van der Waals surface area contributed by atoms with Crippen LogP contribution in [0, 0.1) is 0 Å². The number of anilines is 2. The van der Waals surface area contributed by atoms with E-state index in [-0.39, 0.29) is 0 Å². The molecule has 1 aliphatic rings. The molecule has 0 fully saturated rings.